The fourth-order valence-electron chi connectivity index (χ4n) is 4.97. The Labute approximate surface area is 211 Å². The molecule has 5 aromatic carbocycles. The molecule has 0 aliphatic heterocycles. The van der Waals surface area contributed by atoms with Crippen LogP contribution in [0, 0.1) is 16.7 Å². The summed E-state index contributed by atoms with van der Waals surface area (Å²) in [6, 6.07) is 34.1. The molecular weight excluding hydrogens is 436 g/mol. The maximum atomic E-state index is 9.08. The van der Waals surface area contributed by atoms with Gasteiger partial charge in [0.1, 0.15) is 0 Å². The van der Waals surface area contributed by atoms with E-state index in [0.717, 1.165) is 38.3 Å². The molecule has 0 aromatic heterocycles. The predicted molar refractivity (Wildman–Crippen MR) is 154 cm³/mol. The third kappa shape index (κ3) is 4.13. The molecule has 0 radical (unpaired) electrons. The molecule has 5 aromatic rings. The first-order valence-electron chi connectivity index (χ1n) is 12.0. The van der Waals surface area contributed by atoms with Crippen molar-refractivity contribution in [3.05, 3.63) is 126 Å². The molecule has 0 amide bonds. The van der Waals surface area contributed by atoms with Crippen molar-refractivity contribution in [2.24, 2.45) is 0 Å². The summed E-state index contributed by atoms with van der Waals surface area (Å²) in [6.07, 6.45) is 5.83. The van der Waals surface area contributed by atoms with E-state index in [1.54, 1.807) is 6.92 Å². The van der Waals surface area contributed by atoms with Crippen LogP contribution in [0.15, 0.2) is 121 Å². The molecule has 0 atom stereocenters. The standard InChI is InChI=1S/C34H26N2/c1-23(18-19-24(2)21-35)20-26(22-36)33-29-13-5-7-15-31(29)34(32-16-8-6-14-30(32)33)28-17-9-11-25-10-3-4-12-27(25)28/h3-17,19-20,22,36H,1,18H2,2H3/b24-19+,26-20+,36-22?. The summed E-state index contributed by atoms with van der Waals surface area (Å²) in [5.41, 5.74) is 5.76. The first-order valence-corrected chi connectivity index (χ1v) is 12.0. The average molecular weight is 463 g/mol. The smallest absolute Gasteiger partial charge is 0.0940 e. The van der Waals surface area contributed by atoms with E-state index in [0.29, 0.717) is 12.0 Å². The van der Waals surface area contributed by atoms with Gasteiger partial charge in [0.15, 0.2) is 0 Å². The van der Waals surface area contributed by atoms with E-state index < -0.39 is 0 Å². The van der Waals surface area contributed by atoms with Crippen LogP contribution in [0.3, 0.4) is 0 Å². The second kappa shape index (κ2) is 9.86. The quantitative estimate of drug-likeness (QED) is 0.116. The monoisotopic (exact) mass is 462 g/mol. The number of benzene rings is 5. The van der Waals surface area contributed by atoms with E-state index in [9.17, 15) is 0 Å². The largest absolute Gasteiger partial charge is 0.308 e. The van der Waals surface area contributed by atoms with Gasteiger partial charge < -0.3 is 5.41 Å². The first kappa shape index (κ1) is 23.0. The first-order chi connectivity index (χ1) is 17.6. The van der Waals surface area contributed by atoms with Crippen LogP contribution in [0.25, 0.3) is 49.0 Å². The van der Waals surface area contributed by atoms with Crippen LogP contribution in [0.5, 0.6) is 0 Å². The Morgan fingerprint density at radius 2 is 1.36 bits per heavy atom. The number of hydrogen-bond acceptors (Lipinski definition) is 2. The maximum absolute atomic E-state index is 9.08. The van der Waals surface area contributed by atoms with Crippen LogP contribution in [0.2, 0.25) is 0 Å². The minimum atomic E-state index is 0.570. The van der Waals surface area contributed by atoms with Gasteiger partial charge in [0, 0.05) is 17.4 Å². The third-order valence-corrected chi connectivity index (χ3v) is 6.64. The van der Waals surface area contributed by atoms with Gasteiger partial charge in [-0.1, -0.05) is 109 Å². The molecule has 2 nitrogen and oxygen atoms in total. The lowest BCUT2D eigenvalue weighted by atomic mass is 9.84. The van der Waals surface area contributed by atoms with Crippen molar-refractivity contribution in [2.75, 3.05) is 0 Å². The summed E-state index contributed by atoms with van der Waals surface area (Å²) in [7, 11) is 0. The minimum Gasteiger partial charge on any atom is -0.308 e. The Hall–Kier alpha value is -4.74. The van der Waals surface area contributed by atoms with Crippen molar-refractivity contribution in [3.63, 3.8) is 0 Å². The Bertz CT molecular complexity index is 1700. The predicted octanol–water partition coefficient (Wildman–Crippen LogP) is 9.26. The van der Waals surface area contributed by atoms with Crippen molar-refractivity contribution < 1.29 is 0 Å². The molecule has 0 aliphatic carbocycles. The Morgan fingerprint density at radius 3 is 1.97 bits per heavy atom. The number of nitrogens with zero attached hydrogens (tertiary/aromatic N) is 1. The van der Waals surface area contributed by atoms with Crippen molar-refractivity contribution in [1.29, 1.82) is 10.7 Å². The molecule has 36 heavy (non-hydrogen) atoms. The molecule has 0 saturated carbocycles. The highest BCUT2D eigenvalue weighted by atomic mass is 14.3. The SMILES string of the molecule is C=C(/C=C(\C=N)c1c2ccccc2c(-c2cccc3ccccc23)c2ccccc12)C/C=C(\C)C#N. The highest BCUT2D eigenvalue weighted by molar-refractivity contribution is 6.26. The van der Waals surface area contributed by atoms with Crippen LogP contribution < -0.4 is 0 Å². The molecular formula is C34H26N2. The minimum absolute atomic E-state index is 0.570. The molecule has 2 heteroatoms. The summed E-state index contributed by atoms with van der Waals surface area (Å²) in [4.78, 5) is 0. The Kier molecular flexibility index (Phi) is 6.31. The van der Waals surface area contributed by atoms with Crippen molar-refractivity contribution in [2.45, 2.75) is 13.3 Å². The van der Waals surface area contributed by atoms with Gasteiger partial charge in [0.05, 0.1) is 6.07 Å². The lowest BCUT2D eigenvalue weighted by Crippen LogP contribution is -1.95. The van der Waals surface area contributed by atoms with Crippen molar-refractivity contribution in [1.82, 2.24) is 0 Å². The third-order valence-electron chi connectivity index (χ3n) is 6.64. The van der Waals surface area contributed by atoms with Gasteiger partial charge in [0.2, 0.25) is 0 Å². The van der Waals surface area contributed by atoms with Crippen LogP contribution in [-0.2, 0) is 0 Å². The van der Waals surface area contributed by atoms with E-state index in [4.69, 9.17) is 10.7 Å². The second-order valence-electron chi connectivity index (χ2n) is 8.97. The maximum Gasteiger partial charge on any atom is 0.0940 e. The summed E-state index contributed by atoms with van der Waals surface area (Å²) < 4.78 is 0. The van der Waals surface area contributed by atoms with Crippen molar-refractivity contribution >= 4 is 44.1 Å². The molecule has 172 valence electrons. The molecule has 5 rings (SSSR count). The zero-order valence-electron chi connectivity index (χ0n) is 20.3. The summed E-state index contributed by atoms with van der Waals surface area (Å²) in [5, 5.41) is 24.3. The molecule has 0 aliphatic rings. The number of fused-ring (bicyclic) bond motifs is 3. The number of nitrogens with one attached hydrogen (secondary N) is 1. The lowest BCUT2D eigenvalue weighted by Gasteiger charge is -2.19. The molecule has 0 spiro atoms. The second-order valence-corrected chi connectivity index (χ2v) is 8.97. The molecule has 0 heterocycles. The average Bonchev–Trinajstić information content (AvgIpc) is 2.93. The molecule has 0 bridgehead atoms. The van der Waals surface area contributed by atoms with Gasteiger partial charge in [-0.15, -0.1) is 0 Å². The van der Waals surface area contributed by atoms with Crippen LogP contribution in [0.4, 0.5) is 0 Å². The van der Waals surface area contributed by atoms with Gasteiger partial charge >= 0.3 is 0 Å². The zero-order chi connectivity index (χ0) is 25.1. The molecule has 0 saturated heterocycles. The van der Waals surface area contributed by atoms with Gasteiger partial charge in [-0.2, -0.15) is 5.26 Å². The fourth-order valence-corrected chi connectivity index (χ4v) is 4.97. The van der Waals surface area contributed by atoms with Gasteiger partial charge in [-0.05, 0) is 68.4 Å². The molecule has 1 N–H and O–H groups in total. The van der Waals surface area contributed by atoms with Gasteiger partial charge in [-0.25, -0.2) is 0 Å². The van der Waals surface area contributed by atoms with Crippen molar-refractivity contribution in [3.8, 4) is 17.2 Å². The van der Waals surface area contributed by atoms with Gasteiger partial charge in [-0.3, -0.25) is 0 Å². The summed E-state index contributed by atoms with van der Waals surface area (Å²) >= 11 is 0. The highest BCUT2D eigenvalue weighted by Crippen LogP contribution is 2.43. The topological polar surface area (TPSA) is 47.6 Å². The zero-order valence-corrected chi connectivity index (χ0v) is 20.3. The van der Waals surface area contributed by atoms with E-state index in [1.165, 1.54) is 28.1 Å². The number of rotatable bonds is 6. The number of hydrogen-bond donors (Lipinski definition) is 1. The van der Waals surface area contributed by atoms with Gasteiger partial charge in [0.25, 0.3) is 0 Å². The summed E-state index contributed by atoms with van der Waals surface area (Å²) in [6.45, 7) is 5.99. The molecule has 0 unspecified atom stereocenters. The summed E-state index contributed by atoms with van der Waals surface area (Å²) in [5.74, 6) is 0. The lowest BCUT2D eigenvalue weighted by molar-refractivity contribution is 1.26. The van der Waals surface area contributed by atoms with Crippen LogP contribution >= 0.6 is 0 Å². The van der Waals surface area contributed by atoms with E-state index >= 15 is 0 Å². The van der Waals surface area contributed by atoms with Crippen LogP contribution in [-0.4, -0.2) is 6.21 Å². The highest BCUT2D eigenvalue weighted by Gasteiger charge is 2.18. The van der Waals surface area contributed by atoms with E-state index in [2.05, 4.69) is 104 Å². The van der Waals surface area contributed by atoms with E-state index in [-0.39, 0.29) is 0 Å². The normalized spacial score (nSPS) is 12.1. The Morgan fingerprint density at radius 1 is 0.806 bits per heavy atom. The van der Waals surface area contributed by atoms with Crippen LogP contribution in [0.1, 0.15) is 18.9 Å². The fraction of sp³-hybridized carbons (Fsp3) is 0.0588. The number of nitriles is 1. The molecule has 0 fully saturated rings. The number of allylic oxidation sites excluding steroid dienone is 5. The van der Waals surface area contributed by atoms with E-state index in [1.807, 2.05) is 12.2 Å². The Balaban J connectivity index is 1.84.